The maximum Gasteiger partial charge on any atom is 0.412 e. The topological polar surface area (TPSA) is 69.7 Å². The zero-order valence-corrected chi connectivity index (χ0v) is 15.4. The number of anilines is 1. The second-order valence-electron chi connectivity index (χ2n) is 6.67. The molecule has 1 N–H and O–H groups in total. The van der Waals surface area contributed by atoms with Gasteiger partial charge in [0.05, 0.1) is 13.7 Å². The van der Waals surface area contributed by atoms with Crippen LogP contribution in [0.15, 0.2) is 30.5 Å². The van der Waals surface area contributed by atoms with Crippen molar-refractivity contribution in [2.45, 2.75) is 33.3 Å². The number of pyridine rings is 1. The number of nitrogens with one attached hydrogen (secondary N) is 1. The minimum absolute atomic E-state index is 0.435. The molecule has 1 amide bonds. The first-order valence-electron chi connectivity index (χ1n) is 8.80. The lowest BCUT2D eigenvalue weighted by molar-refractivity contribution is 0.187. The fourth-order valence-corrected chi connectivity index (χ4v) is 2.84. The number of rotatable bonds is 6. The molecule has 0 saturated carbocycles. The van der Waals surface area contributed by atoms with Crippen molar-refractivity contribution in [1.82, 2.24) is 4.98 Å². The molecule has 0 radical (unpaired) electrons. The summed E-state index contributed by atoms with van der Waals surface area (Å²) in [6, 6.07) is 7.67. The molecular weight excluding hydrogens is 332 g/mol. The van der Waals surface area contributed by atoms with Crippen LogP contribution in [0.5, 0.6) is 11.5 Å². The first kappa shape index (κ1) is 18.0. The Balaban J connectivity index is 1.76. The zero-order chi connectivity index (χ0) is 18.5. The second-order valence-corrected chi connectivity index (χ2v) is 6.67. The normalized spacial score (nSPS) is 12.0. The van der Waals surface area contributed by atoms with Crippen LogP contribution in [0, 0.1) is 5.92 Å². The highest BCUT2D eigenvalue weighted by molar-refractivity contribution is 5.85. The Labute approximate surface area is 153 Å². The van der Waals surface area contributed by atoms with Crippen molar-refractivity contribution < 1.29 is 19.0 Å². The van der Waals surface area contributed by atoms with Crippen LogP contribution in [-0.4, -0.2) is 24.8 Å². The molecule has 1 aliphatic heterocycles. The van der Waals surface area contributed by atoms with E-state index >= 15 is 0 Å². The van der Waals surface area contributed by atoms with Crippen molar-refractivity contribution in [2.75, 3.05) is 19.0 Å². The molecule has 1 aromatic heterocycles. The average molecular weight is 356 g/mol. The van der Waals surface area contributed by atoms with Gasteiger partial charge >= 0.3 is 6.09 Å². The Bertz CT molecular complexity index is 789. The van der Waals surface area contributed by atoms with Crippen LogP contribution in [0.3, 0.4) is 0 Å². The lowest BCUT2D eigenvalue weighted by Gasteiger charge is -2.22. The monoisotopic (exact) mass is 356 g/mol. The highest BCUT2D eigenvalue weighted by Gasteiger charge is 2.19. The molecule has 0 saturated heterocycles. The number of hydrogen-bond donors (Lipinski definition) is 1. The number of benzene rings is 1. The molecule has 26 heavy (non-hydrogen) atoms. The third-order valence-corrected chi connectivity index (χ3v) is 4.22. The molecule has 6 heteroatoms. The van der Waals surface area contributed by atoms with Crippen LogP contribution >= 0.6 is 0 Å². The Morgan fingerprint density at radius 2 is 2.15 bits per heavy atom. The minimum atomic E-state index is -0.546. The van der Waals surface area contributed by atoms with Crippen molar-refractivity contribution in [3.05, 3.63) is 36.0 Å². The number of hydrogen-bond acceptors (Lipinski definition) is 5. The molecule has 2 aromatic rings. The Morgan fingerprint density at radius 1 is 1.31 bits per heavy atom. The van der Waals surface area contributed by atoms with Crippen LogP contribution in [0.1, 0.15) is 32.3 Å². The van der Waals surface area contributed by atoms with Crippen LogP contribution in [0.2, 0.25) is 0 Å². The van der Waals surface area contributed by atoms with Gasteiger partial charge in [0.1, 0.15) is 23.9 Å². The summed E-state index contributed by atoms with van der Waals surface area (Å²) in [6.07, 6.45) is 3.35. The Kier molecular flexibility index (Phi) is 5.61. The molecule has 0 fully saturated rings. The number of amides is 1. The van der Waals surface area contributed by atoms with E-state index in [4.69, 9.17) is 9.47 Å². The van der Waals surface area contributed by atoms with E-state index in [1.807, 2.05) is 24.3 Å². The molecule has 0 unspecified atom stereocenters. The van der Waals surface area contributed by atoms with Crippen molar-refractivity contribution in [2.24, 2.45) is 5.92 Å². The molecule has 0 atom stereocenters. The van der Waals surface area contributed by atoms with Crippen LogP contribution in [0.25, 0.3) is 11.1 Å². The van der Waals surface area contributed by atoms with Crippen LogP contribution < -0.4 is 14.8 Å². The molecular formula is C20H24N2O4. The second kappa shape index (κ2) is 8.08. The average Bonchev–Trinajstić information content (AvgIpc) is 2.64. The number of carbonyl (C=O) groups excluding carboxylic acids is 1. The molecule has 0 aliphatic carbocycles. The fraction of sp³-hybridized carbons (Fsp3) is 0.400. The highest BCUT2D eigenvalue weighted by Crippen LogP contribution is 2.40. The van der Waals surface area contributed by atoms with Crippen LogP contribution in [-0.2, 0) is 11.3 Å². The van der Waals surface area contributed by atoms with Gasteiger partial charge in [-0.3, -0.25) is 5.32 Å². The lowest BCUT2D eigenvalue weighted by atomic mass is 9.98. The van der Waals surface area contributed by atoms with E-state index in [0.29, 0.717) is 24.9 Å². The van der Waals surface area contributed by atoms with Crippen molar-refractivity contribution >= 4 is 11.9 Å². The highest BCUT2D eigenvalue weighted by atomic mass is 16.5. The van der Waals surface area contributed by atoms with Gasteiger partial charge in [-0.2, -0.15) is 0 Å². The molecule has 1 aliphatic rings. The third kappa shape index (κ3) is 4.25. The van der Waals surface area contributed by atoms with Gasteiger partial charge in [-0.05, 0) is 42.5 Å². The quantitative estimate of drug-likeness (QED) is 0.764. The summed E-state index contributed by atoms with van der Waals surface area (Å²) in [5.41, 5.74) is 2.91. The summed E-state index contributed by atoms with van der Waals surface area (Å²) in [5.74, 6) is 2.70. The summed E-state index contributed by atoms with van der Waals surface area (Å²) < 4.78 is 16.3. The number of nitrogens with zero attached hydrogens (tertiary/aromatic N) is 1. The van der Waals surface area contributed by atoms with Gasteiger partial charge < -0.3 is 14.2 Å². The fourth-order valence-electron chi connectivity index (χ4n) is 2.84. The van der Waals surface area contributed by atoms with Gasteiger partial charge in [0.25, 0.3) is 0 Å². The summed E-state index contributed by atoms with van der Waals surface area (Å²) in [5, 5.41) is 2.59. The smallest absolute Gasteiger partial charge is 0.412 e. The maximum atomic E-state index is 11.4. The number of ether oxygens (including phenoxy) is 3. The number of carbonyl (C=O) groups is 1. The summed E-state index contributed by atoms with van der Waals surface area (Å²) >= 11 is 0. The molecule has 0 bridgehead atoms. The van der Waals surface area contributed by atoms with Crippen LogP contribution in [0.4, 0.5) is 10.6 Å². The van der Waals surface area contributed by atoms with E-state index in [-0.39, 0.29) is 0 Å². The molecule has 1 aromatic carbocycles. The lowest BCUT2D eigenvalue weighted by Crippen LogP contribution is -2.13. The van der Waals surface area contributed by atoms with E-state index in [1.165, 1.54) is 7.11 Å². The predicted molar refractivity (Wildman–Crippen MR) is 99.6 cm³/mol. The van der Waals surface area contributed by atoms with E-state index < -0.39 is 6.09 Å². The van der Waals surface area contributed by atoms with Gasteiger partial charge in [0.15, 0.2) is 0 Å². The summed E-state index contributed by atoms with van der Waals surface area (Å²) in [6.45, 7) is 5.56. The van der Waals surface area contributed by atoms with E-state index in [2.05, 4.69) is 28.9 Å². The van der Waals surface area contributed by atoms with Crippen molar-refractivity contribution in [3.8, 4) is 22.6 Å². The van der Waals surface area contributed by atoms with Gasteiger partial charge in [-0.1, -0.05) is 13.8 Å². The van der Waals surface area contributed by atoms with Gasteiger partial charge in [0.2, 0.25) is 0 Å². The van der Waals surface area contributed by atoms with Gasteiger partial charge in [-0.15, -0.1) is 0 Å². The molecule has 0 spiro atoms. The van der Waals surface area contributed by atoms with Gasteiger partial charge in [-0.25, -0.2) is 9.78 Å². The first-order chi connectivity index (χ1) is 12.6. The molecule has 6 nitrogen and oxygen atoms in total. The van der Waals surface area contributed by atoms with E-state index in [1.54, 1.807) is 6.20 Å². The molecule has 3 rings (SSSR count). The minimum Gasteiger partial charge on any atom is -0.493 e. The van der Waals surface area contributed by atoms with Gasteiger partial charge in [0, 0.05) is 23.4 Å². The number of methoxy groups -OCH3 is 1. The molecule has 2 heterocycles. The largest absolute Gasteiger partial charge is 0.493 e. The molecule has 138 valence electrons. The Hall–Kier alpha value is -2.76. The zero-order valence-electron chi connectivity index (χ0n) is 15.4. The Morgan fingerprint density at radius 3 is 2.92 bits per heavy atom. The maximum absolute atomic E-state index is 11.4. The van der Waals surface area contributed by atoms with E-state index in [0.717, 1.165) is 41.0 Å². The SMILES string of the molecule is COC(=O)Nc1cc2c(cn1)COc1cc(OCCCC(C)C)ccc1-2. The summed E-state index contributed by atoms with van der Waals surface area (Å²) in [7, 11) is 1.32. The summed E-state index contributed by atoms with van der Waals surface area (Å²) in [4.78, 5) is 15.6. The van der Waals surface area contributed by atoms with Crippen molar-refractivity contribution in [3.63, 3.8) is 0 Å². The standard InChI is InChI=1S/C20H24N2O4/c1-13(2)5-4-8-25-15-6-7-16-17-10-19(22-20(23)24-3)21-11-14(17)12-26-18(16)9-15/h6-7,9-11,13H,4-5,8,12H2,1-3H3,(H,21,22,23). The number of fused-ring (bicyclic) bond motifs is 3. The van der Waals surface area contributed by atoms with Crippen molar-refractivity contribution in [1.29, 1.82) is 0 Å². The first-order valence-corrected chi connectivity index (χ1v) is 8.80. The predicted octanol–water partition coefficient (Wildman–Crippen LogP) is 4.63. The van der Waals surface area contributed by atoms with E-state index in [9.17, 15) is 4.79 Å². The third-order valence-electron chi connectivity index (χ3n) is 4.22. The number of aromatic nitrogens is 1.